The van der Waals surface area contributed by atoms with Gasteiger partial charge in [0, 0.05) is 16.1 Å². The average Bonchev–Trinajstić information content (AvgIpc) is 2.11. The lowest BCUT2D eigenvalue weighted by Crippen LogP contribution is -2.44. The summed E-state index contributed by atoms with van der Waals surface area (Å²) in [7, 11) is 0. The molecule has 16 heavy (non-hydrogen) atoms. The molecule has 1 aromatic carbocycles. The molecule has 2 N–H and O–H groups in total. The highest BCUT2D eigenvalue weighted by molar-refractivity contribution is 6.31. The van der Waals surface area contributed by atoms with Gasteiger partial charge in [-0.3, -0.25) is 0 Å². The molecule has 1 nitrogen and oxygen atoms in total. The molecule has 0 amide bonds. The van der Waals surface area contributed by atoms with Crippen LogP contribution in [0.5, 0.6) is 0 Å². The minimum Gasteiger partial charge on any atom is -0.321 e. The van der Waals surface area contributed by atoms with E-state index in [1.54, 1.807) is 6.07 Å². The van der Waals surface area contributed by atoms with Crippen molar-refractivity contribution in [1.29, 1.82) is 0 Å². The van der Waals surface area contributed by atoms with Crippen molar-refractivity contribution in [2.75, 3.05) is 0 Å². The lowest BCUT2D eigenvalue weighted by Gasteiger charge is -2.41. The Labute approximate surface area is 101 Å². The maximum absolute atomic E-state index is 14.2. The van der Waals surface area contributed by atoms with E-state index in [1.165, 1.54) is 13.8 Å². The van der Waals surface area contributed by atoms with Crippen molar-refractivity contribution in [2.24, 2.45) is 5.73 Å². The molecule has 2 rings (SSSR count). The van der Waals surface area contributed by atoms with Crippen molar-refractivity contribution in [3.05, 3.63) is 34.3 Å². The highest BCUT2D eigenvalue weighted by Crippen LogP contribution is 2.45. The smallest absolute Gasteiger partial charge is 0.132 e. The molecule has 1 fully saturated rings. The molecule has 0 unspecified atom stereocenters. The number of hydrogen-bond acceptors (Lipinski definition) is 1. The molecule has 0 saturated heterocycles. The lowest BCUT2D eigenvalue weighted by atomic mass is 9.70. The van der Waals surface area contributed by atoms with Crippen LogP contribution >= 0.6 is 11.6 Å². The predicted molar refractivity (Wildman–Crippen MR) is 65.3 cm³/mol. The summed E-state index contributed by atoms with van der Waals surface area (Å²) in [6.45, 7) is 3.06. The summed E-state index contributed by atoms with van der Waals surface area (Å²) in [4.78, 5) is 0. The minimum atomic E-state index is -1.45. The first-order chi connectivity index (χ1) is 7.34. The van der Waals surface area contributed by atoms with Crippen molar-refractivity contribution in [3.63, 3.8) is 0 Å². The summed E-state index contributed by atoms with van der Waals surface area (Å²) in [6, 6.07) is 5.48. The number of alkyl halides is 1. The van der Waals surface area contributed by atoms with Crippen molar-refractivity contribution < 1.29 is 4.39 Å². The SMILES string of the molecule is CC(C)(F)c1c(Cl)cccc1C1(N)CCC1. The molecule has 1 aliphatic carbocycles. The Morgan fingerprint density at radius 1 is 1.38 bits per heavy atom. The van der Waals surface area contributed by atoms with E-state index in [-0.39, 0.29) is 5.54 Å². The maximum Gasteiger partial charge on any atom is 0.132 e. The Balaban J connectivity index is 2.57. The van der Waals surface area contributed by atoms with Gasteiger partial charge < -0.3 is 5.73 Å². The van der Waals surface area contributed by atoms with Gasteiger partial charge in [0.2, 0.25) is 0 Å². The molecule has 0 aliphatic heterocycles. The molecule has 1 saturated carbocycles. The Morgan fingerprint density at radius 2 is 2.00 bits per heavy atom. The molecule has 88 valence electrons. The summed E-state index contributed by atoms with van der Waals surface area (Å²) < 4.78 is 14.2. The molecule has 0 bridgehead atoms. The van der Waals surface area contributed by atoms with Gasteiger partial charge in [0.15, 0.2) is 0 Å². The molecule has 0 atom stereocenters. The average molecular weight is 242 g/mol. The highest BCUT2D eigenvalue weighted by atomic mass is 35.5. The number of benzene rings is 1. The molecule has 0 radical (unpaired) electrons. The second-order valence-corrected chi connectivity index (χ2v) is 5.55. The van der Waals surface area contributed by atoms with Crippen molar-refractivity contribution in [2.45, 2.75) is 44.3 Å². The van der Waals surface area contributed by atoms with Gasteiger partial charge in [-0.15, -0.1) is 0 Å². The largest absolute Gasteiger partial charge is 0.321 e. The molecule has 1 aromatic rings. The number of nitrogens with two attached hydrogens (primary N) is 1. The fourth-order valence-electron chi connectivity index (χ4n) is 2.37. The second kappa shape index (κ2) is 3.71. The van der Waals surface area contributed by atoms with Crippen molar-refractivity contribution in [3.8, 4) is 0 Å². The first-order valence-corrected chi connectivity index (χ1v) is 6.00. The number of rotatable bonds is 2. The minimum absolute atomic E-state index is 0.371. The second-order valence-electron chi connectivity index (χ2n) is 5.14. The van der Waals surface area contributed by atoms with Gasteiger partial charge in [-0.2, -0.15) is 0 Å². The van der Waals surface area contributed by atoms with Gasteiger partial charge in [0.25, 0.3) is 0 Å². The lowest BCUT2D eigenvalue weighted by molar-refractivity contribution is 0.201. The van der Waals surface area contributed by atoms with Gasteiger partial charge in [-0.05, 0) is 44.7 Å². The van der Waals surface area contributed by atoms with Crippen LogP contribution in [0.1, 0.15) is 44.2 Å². The summed E-state index contributed by atoms with van der Waals surface area (Å²) in [5.74, 6) is 0. The van der Waals surface area contributed by atoms with Crippen LogP contribution in [-0.2, 0) is 11.2 Å². The van der Waals surface area contributed by atoms with Crippen LogP contribution in [0.25, 0.3) is 0 Å². The quantitative estimate of drug-likeness (QED) is 0.836. The Bertz CT molecular complexity index is 405. The molecular weight excluding hydrogens is 225 g/mol. The van der Waals surface area contributed by atoms with Gasteiger partial charge in [0.1, 0.15) is 5.67 Å². The first kappa shape index (κ1) is 11.9. The zero-order chi connectivity index (χ0) is 12.0. The van der Waals surface area contributed by atoms with Crippen LogP contribution in [0.3, 0.4) is 0 Å². The van der Waals surface area contributed by atoms with Gasteiger partial charge in [0.05, 0.1) is 0 Å². The molecular formula is C13H17ClFN. The van der Waals surface area contributed by atoms with E-state index < -0.39 is 5.67 Å². The van der Waals surface area contributed by atoms with Crippen molar-refractivity contribution >= 4 is 11.6 Å². The van der Waals surface area contributed by atoms with Crippen LogP contribution in [0.15, 0.2) is 18.2 Å². The fourth-order valence-corrected chi connectivity index (χ4v) is 2.77. The fraction of sp³-hybridized carbons (Fsp3) is 0.538. The summed E-state index contributed by atoms with van der Waals surface area (Å²) >= 11 is 6.11. The van der Waals surface area contributed by atoms with E-state index in [9.17, 15) is 4.39 Å². The summed E-state index contributed by atoms with van der Waals surface area (Å²) in [5, 5.41) is 0.474. The Hall–Kier alpha value is -0.600. The number of halogens is 2. The maximum atomic E-state index is 14.2. The topological polar surface area (TPSA) is 26.0 Å². The molecule has 0 heterocycles. The van der Waals surface area contributed by atoms with E-state index in [2.05, 4.69) is 0 Å². The first-order valence-electron chi connectivity index (χ1n) is 5.62. The summed E-state index contributed by atoms with van der Waals surface area (Å²) in [6.07, 6.45) is 2.93. The summed E-state index contributed by atoms with van der Waals surface area (Å²) in [5.41, 5.74) is 5.87. The predicted octanol–water partition coefficient (Wildman–Crippen LogP) is 3.88. The van der Waals surface area contributed by atoms with Gasteiger partial charge in [-0.1, -0.05) is 23.7 Å². The van der Waals surface area contributed by atoms with Crippen LogP contribution in [0.4, 0.5) is 4.39 Å². The standard InChI is InChI=1S/C13H17ClFN/c1-12(2,15)11-9(5-3-6-10(11)14)13(16)7-4-8-13/h3,5-6H,4,7-8,16H2,1-2H3. The molecule has 0 spiro atoms. The van der Waals surface area contributed by atoms with E-state index >= 15 is 0 Å². The van der Waals surface area contributed by atoms with E-state index in [0.717, 1.165) is 24.8 Å². The van der Waals surface area contributed by atoms with E-state index in [0.29, 0.717) is 10.6 Å². The third-order valence-corrected chi connectivity index (χ3v) is 3.71. The van der Waals surface area contributed by atoms with Crippen molar-refractivity contribution in [1.82, 2.24) is 0 Å². The van der Waals surface area contributed by atoms with Gasteiger partial charge in [-0.25, -0.2) is 4.39 Å². The number of hydrogen-bond donors (Lipinski definition) is 1. The molecule has 3 heteroatoms. The Morgan fingerprint density at radius 3 is 2.44 bits per heavy atom. The highest BCUT2D eigenvalue weighted by Gasteiger charge is 2.39. The zero-order valence-electron chi connectivity index (χ0n) is 9.69. The van der Waals surface area contributed by atoms with Crippen LogP contribution < -0.4 is 5.73 Å². The monoisotopic (exact) mass is 241 g/mol. The van der Waals surface area contributed by atoms with Crippen LogP contribution in [0.2, 0.25) is 5.02 Å². The van der Waals surface area contributed by atoms with Crippen LogP contribution in [-0.4, -0.2) is 0 Å². The van der Waals surface area contributed by atoms with Crippen LogP contribution in [0, 0.1) is 0 Å². The van der Waals surface area contributed by atoms with E-state index in [4.69, 9.17) is 17.3 Å². The third kappa shape index (κ3) is 1.85. The van der Waals surface area contributed by atoms with Gasteiger partial charge >= 0.3 is 0 Å². The third-order valence-electron chi connectivity index (χ3n) is 3.39. The Kier molecular flexibility index (Phi) is 2.75. The normalized spacial score (nSPS) is 19.3. The molecule has 0 aromatic heterocycles. The molecule has 1 aliphatic rings. The zero-order valence-corrected chi connectivity index (χ0v) is 10.4. The van der Waals surface area contributed by atoms with E-state index in [1.807, 2.05) is 12.1 Å².